The fraction of sp³-hybridized carbons (Fsp3) is 0.550. The van der Waals surface area contributed by atoms with Crippen molar-refractivity contribution in [1.82, 2.24) is 14.7 Å². The third-order valence-corrected chi connectivity index (χ3v) is 5.48. The van der Waals surface area contributed by atoms with Gasteiger partial charge in [0.25, 0.3) is 0 Å². The number of hydrogen-bond donors (Lipinski definition) is 0. The Morgan fingerprint density at radius 1 is 1.30 bits per heavy atom. The maximum atomic E-state index is 13.6. The molecule has 1 saturated heterocycles. The van der Waals surface area contributed by atoms with Gasteiger partial charge in [-0.3, -0.25) is 9.58 Å². The normalized spacial score (nSPS) is 20.2. The lowest BCUT2D eigenvalue weighted by atomic mass is 10.0. The Hall–Kier alpha value is -1.83. The predicted molar refractivity (Wildman–Crippen MR) is 96.2 cm³/mol. The van der Waals surface area contributed by atoms with Gasteiger partial charge >= 0.3 is 0 Å². The molecule has 146 valence electrons. The number of halogens is 2. The number of nitrogens with zero attached hydrogens (tertiary/aromatic N) is 3. The maximum Gasteiger partial charge on any atom is 0.159 e. The Morgan fingerprint density at radius 2 is 2.19 bits per heavy atom. The summed E-state index contributed by atoms with van der Waals surface area (Å²) in [5, 5.41) is 4.92. The van der Waals surface area contributed by atoms with Gasteiger partial charge in [-0.15, -0.1) is 0 Å². The maximum absolute atomic E-state index is 13.6. The van der Waals surface area contributed by atoms with Crippen LogP contribution in [-0.4, -0.2) is 41.5 Å². The van der Waals surface area contributed by atoms with E-state index in [9.17, 15) is 8.78 Å². The van der Waals surface area contributed by atoms with E-state index >= 15 is 0 Å². The summed E-state index contributed by atoms with van der Waals surface area (Å²) in [5.41, 5.74) is 4.29. The zero-order valence-electron chi connectivity index (χ0n) is 15.6. The Morgan fingerprint density at radius 3 is 3.00 bits per heavy atom. The third kappa shape index (κ3) is 3.77. The van der Waals surface area contributed by atoms with Crippen LogP contribution in [0.1, 0.15) is 41.4 Å². The molecule has 5 nitrogen and oxygen atoms in total. The average Bonchev–Trinajstić information content (AvgIpc) is 3.27. The topological polar surface area (TPSA) is 39.5 Å². The molecule has 2 aliphatic rings. The lowest BCUT2D eigenvalue weighted by Gasteiger charge is -2.25. The molecule has 2 aromatic rings. The van der Waals surface area contributed by atoms with Gasteiger partial charge in [0, 0.05) is 31.3 Å². The molecule has 1 atom stereocenters. The van der Waals surface area contributed by atoms with Crippen LogP contribution < -0.4 is 0 Å². The van der Waals surface area contributed by atoms with Gasteiger partial charge in [-0.1, -0.05) is 6.07 Å². The number of benzene rings is 1. The van der Waals surface area contributed by atoms with Crippen molar-refractivity contribution in [2.75, 3.05) is 26.9 Å². The fourth-order valence-corrected chi connectivity index (χ4v) is 4.16. The minimum absolute atomic E-state index is 0.178. The van der Waals surface area contributed by atoms with E-state index in [4.69, 9.17) is 14.6 Å². The van der Waals surface area contributed by atoms with E-state index in [-0.39, 0.29) is 6.04 Å². The molecule has 0 radical (unpaired) electrons. The first kappa shape index (κ1) is 18.5. The summed E-state index contributed by atoms with van der Waals surface area (Å²) in [6, 6.07) is 4.33. The standard InChI is InChI=1S/C20H25F2N3O2/c1-26-10-8-25-18-6-9-27-13-15(18)20(23-25)19-3-2-7-24(19)12-14-4-5-16(21)17(22)11-14/h4-5,11,19H,2-3,6-10,12-13H2,1H3. The van der Waals surface area contributed by atoms with Gasteiger partial charge in [-0.05, 0) is 37.1 Å². The van der Waals surface area contributed by atoms with Crippen LogP contribution >= 0.6 is 0 Å². The molecule has 0 bridgehead atoms. The first-order valence-corrected chi connectivity index (χ1v) is 9.50. The van der Waals surface area contributed by atoms with Crippen molar-refractivity contribution in [2.45, 2.75) is 45.0 Å². The lowest BCUT2D eigenvalue weighted by Crippen LogP contribution is -2.24. The zero-order chi connectivity index (χ0) is 18.8. The highest BCUT2D eigenvalue weighted by molar-refractivity contribution is 5.31. The average molecular weight is 377 g/mol. The second-order valence-electron chi connectivity index (χ2n) is 7.21. The van der Waals surface area contributed by atoms with Crippen LogP contribution in [0.4, 0.5) is 8.78 Å². The molecule has 0 saturated carbocycles. The van der Waals surface area contributed by atoms with Gasteiger partial charge in [0.2, 0.25) is 0 Å². The molecule has 3 heterocycles. The summed E-state index contributed by atoms with van der Waals surface area (Å²) in [4.78, 5) is 2.31. The molecule has 4 rings (SSSR count). The highest BCUT2D eigenvalue weighted by Crippen LogP contribution is 2.36. The number of fused-ring (bicyclic) bond motifs is 1. The second kappa shape index (κ2) is 8.04. The predicted octanol–water partition coefficient (Wildman–Crippen LogP) is 3.22. The van der Waals surface area contributed by atoms with E-state index in [0.29, 0.717) is 26.4 Å². The highest BCUT2D eigenvalue weighted by atomic mass is 19.2. The molecule has 1 aromatic heterocycles. The Labute approximate surface area is 157 Å². The van der Waals surface area contributed by atoms with E-state index in [0.717, 1.165) is 43.6 Å². The number of likely N-dealkylation sites (tertiary alicyclic amines) is 1. The molecule has 2 aliphatic heterocycles. The Bertz CT molecular complexity index is 809. The number of rotatable bonds is 6. The van der Waals surface area contributed by atoms with Gasteiger partial charge in [-0.2, -0.15) is 5.10 Å². The van der Waals surface area contributed by atoms with Crippen molar-refractivity contribution in [3.63, 3.8) is 0 Å². The largest absolute Gasteiger partial charge is 0.383 e. The molecular formula is C20H25F2N3O2. The van der Waals surface area contributed by atoms with Crippen LogP contribution in [0.2, 0.25) is 0 Å². The zero-order valence-corrected chi connectivity index (χ0v) is 15.6. The van der Waals surface area contributed by atoms with E-state index in [2.05, 4.69) is 9.58 Å². The Balaban J connectivity index is 1.59. The van der Waals surface area contributed by atoms with E-state index in [1.807, 2.05) is 0 Å². The van der Waals surface area contributed by atoms with Crippen LogP contribution in [0, 0.1) is 11.6 Å². The van der Waals surface area contributed by atoms with Crippen LogP contribution in [0.15, 0.2) is 18.2 Å². The third-order valence-electron chi connectivity index (χ3n) is 5.48. The van der Waals surface area contributed by atoms with Crippen molar-refractivity contribution < 1.29 is 18.3 Å². The van der Waals surface area contributed by atoms with Crippen molar-refractivity contribution >= 4 is 0 Å². The summed E-state index contributed by atoms with van der Waals surface area (Å²) in [5.74, 6) is -1.60. The summed E-state index contributed by atoms with van der Waals surface area (Å²) in [6.07, 6.45) is 2.94. The summed E-state index contributed by atoms with van der Waals surface area (Å²) < 4.78 is 39.8. The van der Waals surface area contributed by atoms with E-state index in [1.165, 1.54) is 23.4 Å². The minimum Gasteiger partial charge on any atom is -0.383 e. The van der Waals surface area contributed by atoms with Crippen LogP contribution in [-0.2, 0) is 35.6 Å². The number of hydrogen-bond acceptors (Lipinski definition) is 4. The van der Waals surface area contributed by atoms with Gasteiger partial charge < -0.3 is 9.47 Å². The first-order valence-electron chi connectivity index (χ1n) is 9.50. The van der Waals surface area contributed by atoms with Crippen molar-refractivity contribution in [3.8, 4) is 0 Å². The highest BCUT2D eigenvalue weighted by Gasteiger charge is 2.33. The Kier molecular flexibility index (Phi) is 5.52. The summed E-state index contributed by atoms with van der Waals surface area (Å²) in [6.45, 7) is 4.17. The molecule has 1 unspecified atom stereocenters. The van der Waals surface area contributed by atoms with Gasteiger partial charge in [0.1, 0.15) is 0 Å². The summed E-state index contributed by atoms with van der Waals surface area (Å²) >= 11 is 0. The smallest absolute Gasteiger partial charge is 0.159 e. The second-order valence-corrected chi connectivity index (χ2v) is 7.21. The van der Waals surface area contributed by atoms with E-state index in [1.54, 1.807) is 13.2 Å². The minimum atomic E-state index is -0.806. The molecule has 1 fully saturated rings. The van der Waals surface area contributed by atoms with Crippen LogP contribution in [0.5, 0.6) is 0 Å². The molecule has 1 aromatic carbocycles. The first-order chi connectivity index (χ1) is 13.2. The molecule has 0 spiro atoms. The number of methoxy groups -OCH3 is 1. The molecule has 7 heteroatoms. The fourth-order valence-electron chi connectivity index (χ4n) is 4.16. The molecule has 0 aliphatic carbocycles. The molecule has 0 N–H and O–H groups in total. The van der Waals surface area contributed by atoms with Crippen LogP contribution in [0.3, 0.4) is 0 Å². The molecule has 0 amide bonds. The van der Waals surface area contributed by atoms with Gasteiger partial charge in [0.15, 0.2) is 11.6 Å². The lowest BCUT2D eigenvalue weighted by molar-refractivity contribution is 0.106. The number of ether oxygens (including phenoxy) is 2. The van der Waals surface area contributed by atoms with Crippen LogP contribution in [0.25, 0.3) is 0 Å². The van der Waals surface area contributed by atoms with Crippen molar-refractivity contribution in [3.05, 3.63) is 52.3 Å². The molecular weight excluding hydrogens is 352 g/mol. The molecule has 27 heavy (non-hydrogen) atoms. The number of aromatic nitrogens is 2. The van der Waals surface area contributed by atoms with Crippen molar-refractivity contribution in [2.24, 2.45) is 0 Å². The SMILES string of the molecule is COCCn1nc(C2CCCN2Cc2ccc(F)c(F)c2)c2c1CCOC2. The monoisotopic (exact) mass is 377 g/mol. The van der Waals surface area contributed by atoms with Crippen molar-refractivity contribution in [1.29, 1.82) is 0 Å². The van der Waals surface area contributed by atoms with E-state index < -0.39 is 11.6 Å². The quantitative estimate of drug-likeness (QED) is 0.775. The van der Waals surface area contributed by atoms with Gasteiger partial charge in [-0.25, -0.2) is 8.78 Å². The van der Waals surface area contributed by atoms with Gasteiger partial charge in [0.05, 0.1) is 38.1 Å². The summed E-state index contributed by atoms with van der Waals surface area (Å²) in [7, 11) is 1.69.